The van der Waals surface area contributed by atoms with Crippen LogP contribution in [0.15, 0.2) is 0 Å². The average Bonchev–Trinajstić information content (AvgIpc) is 2.68. The van der Waals surface area contributed by atoms with Gasteiger partial charge >= 0.3 is 0 Å². The standard InChI is InChI=1S/C16H27Cl3N4O2S.C2H6/c17-16(18,19)14(23-15(26)21-11-4-2-1-3-5-11)22-13(24)7-6-12-10-25-9-8-20-12;1-2/h11-12,14,20H,1-10H2,(H,22,24)(H2,21,23,26);1-2H3. The maximum Gasteiger partial charge on any atom is 0.228 e. The lowest BCUT2D eigenvalue weighted by atomic mass is 9.96. The predicted molar refractivity (Wildman–Crippen MR) is 121 cm³/mol. The molecule has 2 unspecified atom stereocenters. The van der Waals surface area contributed by atoms with E-state index >= 15 is 0 Å². The summed E-state index contributed by atoms with van der Waals surface area (Å²) < 4.78 is 3.66. The first kappa shape index (κ1) is 26.0. The molecule has 1 heterocycles. The quantitative estimate of drug-likeness (QED) is 0.268. The van der Waals surface area contributed by atoms with Crippen molar-refractivity contribution in [3.05, 3.63) is 0 Å². The molecular weight excluding hydrogens is 443 g/mol. The molecule has 2 atom stereocenters. The molecule has 164 valence electrons. The number of morpholine rings is 1. The van der Waals surface area contributed by atoms with Crippen molar-refractivity contribution >= 4 is 58.0 Å². The Kier molecular flexibility index (Phi) is 13.0. The number of carbonyl (C=O) groups excluding carboxylic acids is 1. The number of rotatable bonds is 6. The molecule has 2 fully saturated rings. The van der Waals surface area contributed by atoms with Gasteiger partial charge in [0, 0.05) is 25.0 Å². The Morgan fingerprint density at radius 1 is 1.21 bits per heavy atom. The second-order valence-electron chi connectivity index (χ2n) is 6.76. The monoisotopic (exact) mass is 474 g/mol. The molecule has 0 radical (unpaired) electrons. The van der Waals surface area contributed by atoms with Crippen molar-refractivity contribution in [3.63, 3.8) is 0 Å². The Morgan fingerprint density at radius 3 is 2.46 bits per heavy atom. The lowest BCUT2D eigenvalue weighted by Gasteiger charge is -2.30. The van der Waals surface area contributed by atoms with Crippen molar-refractivity contribution in [2.24, 2.45) is 0 Å². The van der Waals surface area contributed by atoms with Crippen molar-refractivity contribution in [2.45, 2.75) is 80.8 Å². The van der Waals surface area contributed by atoms with Crippen molar-refractivity contribution < 1.29 is 9.53 Å². The topological polar surface area (TPSA) is 74.4 Å². The van der Waals surface area contributed by atoms with Crippen molar-refractivity contribution in [1.82, 2.24) is 21.3 Å². The minimum absolute atomic E-state index is 0.169. The van der Waals surface area contributed by atoms with Crippen LogP contribution in [0.4, 0.5) is 0 Å². The van der Waals surface area contributed by atoms with Crippen LogP contribution in [0.3, 0.4) is 0 Å². The van der Waals surface area contributed by atoms with Crippen molar-refractivity contribution in [3.8, 4) is 0 Å². The molecule has 0 aromatic rings. The summed E-state index contributed by atoms with van der Waals surface area (Å²) in [6.07, 6.45) is 5.83. The van der Waals surface area contributed by atoms with E-state index in [2.05, 4.69) is 21.3 Å². The lowest BCUT2D eigenvalue weighted by Crippen LogP contribution is -2.58. The highest BCUT2D eigenvalue weighted by Crippen LogP contribution is 2.29. The molecular formula is C18H33Cl3N4O2S. The molecule has 0 aromatic heterocycles. The Labute approximate surface area is 189 Å². The molecule has 4 N–H and O–H groups in total. The first-order valence-corrected chi connectivity index (χ1v) is 11.6. The number of hydrogen-bond donors (Lipinski definition) is 4. The number of thiocarbonyl (C=S) groups is 1. The smallest absolute Gasteiger partial charge is 0.228 e. The molecule has 1 saturated carbocycles. The third-order valence-corrected chi connectivity index (χ3v) is 5.46. The van der Waals surface area contributed by atoms with E-state index in [0.717, 1.165) is 19.4 Å². The molecule has 1 amide bonds. The van der Waals surface area contributed by atoms with E-state index in [4.69, 9.17) is 51.8 Å². The Balaban J connectivity index is 0.00000190. The van der Waals surface area contributed by atoms with Crippen LogP contribution in [-0.2, 0) is 9.53 Å². The molecule has 10 heteroatoms. The summed E-state index contributed by atoms with van der Waals surface area (Å²) in [5.41, 5.74) is 0. The van der Waals surface area contributed by atoms with Crippen LogP contribution in [0, 0.1) is 0 Å². The first-order chi connectivity index (χ1) is 13.3. The predicted octanol–water partition coefficient (Wildman–Crippen LogP) is 3.39. The lowest BCUT2D eigenvalue weighted by molar-refractivity contribution is -0.122. The van der Waals surface area contributed by atoms with Gasteiger partial charge in [-0.1, -0.05) is 67.9 Å². The Hall–Kier alpha value is -0.0500. The molecule has 2 aliphatic rings. The van der Waals surface area contributed by atoms with E-state index in [1.807, 2.05) is 13.8 Å². The number of carbonyl (C=O) groups is 1. The fourth-order valence-corrected chi connectivity index (χ4v) is 3.76. The summed E-state index contributed by atoms with van der Waals surface area (Å²) in [6.45, 7) is 6.11. The van der Waals surface area contributed by atoms with Crippen LogP contribution in [-0.4, -0.2) is 52.8 Å². The van der Waals surface area contributed by atoms with Gasteiger partial charge in [-0.25, -0.2) is 0 Å². The second-order valence-corrected chi connectivity index (χ2v) is 9.54. The highest BCUT2D eigenvalue weighted by Gasteiger charge is 2.35. The zero-order chi connectivity index (χ0) is 21.0. The van der Waals surface area contributed by atoms with Crippen LogP contribution >= 0.6 is 47.0 Å². The van der Waals surface area contributed by atoms with Crippen molar-refractivity contribution in [2.75, 3.05) is 19.8 Å². The highest BCUT2D eigenvalue weighted by atomic mass is 35.6. The van der Waals surface area contributed by atoms with Crippen LogP contribution < -0.4 is 21.3 Å². The molecule has 28 heavy (non-hydrogen) atoms. The largest absolute Gasteiger partial charge is 0.379 e. The summed E-state index contributed by atoms with van der Waals surface area (Å²) >= 11 is 23.4. The second kappa shape index (κ2) is 14.0. The third kappa shape index (κ3) is 10.6. The molecule has 0 aromatic carbocycles. The fourth-order valence-electron chi connectivity index (χ4n) is 3.15. The number of nitrogens with one attached hydrogen (secondary N) is 4. The average molecular weight is 476 g/mol. The molecule has 0 bridgehead atoms. The minimum atomic E-state index is -1.72. The van der Waals surface area contributed by atoms with Gasteiger partial charge in [0.15, 0.2) is 5.11 Å². The third-order valence-electron chi connectivity index (χ3n) is 4.57. The molecule has 1 aliphatic carbocycles. The van der Waals surface area contributed by atoms with Gasteiger partial charge in [0.05, 0.1) is 13.2 Å². The summed E-state index contributed by atoms with van der Waals surface area (Å²) in [6, 6.07) is 0.496. The van der Waals surface area contributed by atoms with Crippen LogP contribution in [0.5, 0.6) is 0 Å². The maximum absolute atomic E-state index is 12.3. The van der Waals surface area contributed by atoms with Crippen LogP contribution in [0.1, 0.15) is 58.8 Å². The first-order valence-electron chi connectivity index (χ1n) is 10.1. The van der Waals surface area contributed by atoms with E-state index in [-0.39, 0.29) is 11.9 Å². The van der Waals surface area contributed by atoms with E-state index in [9.17, 15) is 4.79 Å². The number of alkyl halides is 3. The van der Waals surface area contributed by atoms with Gasteiger partial charge in [-0.2, -0.15) is 0 Å². The minimum Gasteiger partial charge on any atom is -0.379 e. The van der Waals surface area contributed by atoms with Gasteiger partial charge in [0.1, 0.15) is 6.17 Å². The molecule has 0 spiro atoms. The number of amides is 1. The van der Waals surface area contributed by atoms with Gasteiger partial charge < -0.3 is 26.0 Å². The van der Waals surface area contributed by atoms with E-state index in [1.165, 1.54) is 19.3 Å². The van der Waals surface area contributed by atoms with Crippen LogP contribution in [0.25, 0.3) is 0 Å². The SMILES string of the molecule is CC.O=C(CCC1COCCN1)NC(NC(=S)NC1CCCCC1)C(Cl)(Cl)Cl. The van der Waals surface area contributed by atoms with Gasteiger partial charge in [0.2, 0.25) is 9.70 Å². The summed E-state index contributed by atoms with van der Waals surface area (Å²) in [4.78, 5) is 12.3. The van der Waals surface area contributed by atoms with E-state index < -0.39 is 9.96 Å². The number of halogens is 3. The van der Waals surface area contributed by atoms with Crippen molar-refractivity contribution in [1.29, 1.82) is 0 Å². The molecule has 1 saturated heterocycles. The number of hydrogen-bond acceptors (Lipinski definition) is 4. The summed E-state index contributed by atoms with van der Waals surface area (Å²) in [7, 11) is 0. The van der Waals surface area contributed by atoms with Gasteiger partial charge in [-0.15, -0.1) is 0 Å². The van der Waals surface area contributed by atoms with Gasteiger partial charge in [-0.3, -0.25) is 4.79 Å². The highest BCUT2D eigenvalue weighted by molar-refractivity contribution is 7.80. The Morgan fingerprint density at radius 2 is 1.89 bits per heavy atom. The van der Waals surface area contributed by atoms with Gasteiger partial charge in [-0.05, 0) is 31.5 Å². The molecule has 1 aliphatic heterocycles. The zero-order valence-electron chi connectivity index (χ0n) is 16.7. The Bertz CT molecular complexity index is 468. The zero-order valence-corrected chi connectivity index (χ0v) is 19.7. The van der Waals surface area contributed by atoms with E-state index in [0.29, 0.717) is 37.2 Å². The molecule has 2 rings (SSSR count). The number of ether oxygens (including phenoxy) is 1. The normalized spacial score (nSPS) is 21.7. The summed E-state index contributed by atoms with van der Waals surface area (Å²) in [5.74, 6) is -0.207. The van der Waals surface area contributed by atoms with Gasteiger partial charge in [0.25, 0.3) is 0 Å². The fraction of sp³-hybridized carbons (Fsp3) is 0.889. The van der Waals surface area contributed by atoms with Crippen LogP contribution in [0.2, 0.25) is 0 Å². The van der Waals surface area contributed by atoms with E-state index in [1.54, 1.807) is 0 Å². The molecule has 6 nitrogen and oxygen atoms in total. The summed E-state index contributed by atoms with van der Waals surface area (Å²) in [5, 5.41) is 12.6. The maximum atomic E-state index is 12.3.